The molecule has 0 aliphatic carbocycles. The first-order valence-corrected chi connectivity index (χ1v) is 11.8. The van der Waals surface area contributed by atoms with E-state index in [9.17, 15) is 13.2 Å². The summed E-state index contributed by atoms with van der Waals surface area (Å²) >= 11 is 0. The van der Waals surface area contributed by atoms with Crippen LogP contribution in [0.25, 0.3) is 0 Å². The zero-order valence-corrected chi connectivity index (χ0v) is 17.0. The molecule has 0 radical (unpaired) electrons. The van der Waals surface area contributed by atoms with E-state index >= 15 is 0 Å². The SMILES string of the molecule is Cc1ccccc1CC(=O)N1CC2(C1)C(CN1CCCCC1)CCS2(=O)=O. The number of hydrogen-bond donors (Lipinski definition) is 0. The molecule has 1 amide bonds. The van der Waals surface area contributed by atoms with Crippen LogP contribution in [0.3, 0.4) is 0 Å². The quantitative estimate of drug-likeness (QED) is 0.789. The molecule has 5 nitrogen and oxygen atoms in total. The molecule has 3 aliphatic rings. The predicted octanol–water partition coefficient (Wildman–Crippen LogP) is 2.04. The van der Waals surface area contributed by atoms with Crippen molar-refractivity contribution in [1.82, 2.24) is 9.80 Å². The van der Waals surface area contributed by atoms with Crippen molar-refractivity contribution in [3.8, 4) is 0 Å². The van der Waals surface area contributed by atoms with Crippen molar-refractivity contribution < 1.29 is 13.2 Å². The van der Waals surface area contributed by atoms with Crippen molar-refractivity contribution in [2.45, 2.75) is 43.8 Å². The Kier molecular flexibility index (Phi) is 5.06. The summed E-state index contributed by atoms with van der Waals surface area (Å²) in [5, 5.41) is 0. The summed E-state index contributed by atoms with van der Waals surface area (Å²) in [6.07, 6.45) is 4.82. The fourth-order valence-corrected chi connectivity index (χ4v) is 7.45. The van der Waals surface area contributed by atoms with Crippen LogP contribution in [0.15, 0.2) is 24.3 Å². The standard InChI is InChI=1S/C21H30N2O3S/c1-17-7-3-4-8-18(17)13-20(24)23-15-21(16-23)19(9-12-27(21,25)26)14-22-10-5-2-6-11-22/h3-4,7-8,19H,2,5-6,9-16H2,1H3. The minimum Gasteiger partial charge on any atom is -0.339 e. The van der Waals surface area contributed by atoms with Crippen LogP contribution < -0.4 is 0 Å². The molecule has 3 saturated heterocycles. The second-order valence-electron chi connectivity index (χ2n) is 8.58. The van der Waals surface area contributed by atoms with E-state index in [-0.39, 0.29) is 17.6 Å². The summed E-state index contributed by atoms with van der Waals surface area (Å²) in [6.45, 7) is 5.83. The van der Waals surface area contributed by atoms with E-state index in [4.69, 9.17) is 0 Å². The molecule has 4 rings (SSSR count). The van der Waals surface area contributed by atoms with Gasteiger partial charge in [0, 0.05) is 19.6 Å². The van der Waals surface area contributed by atoms with E-state index in [0.717, 1.165) is 37.2 Å². The molecule has 27 heavy (non-hydrogen) atoms. The van der Waals surface area contributed by atoms with Crippen LogP contribution in [0.2, 0.25) is 0 Å². The molecule has 0 bridgehead atoms. The predicted molar refractivity (Wildman–Crippen MR) is 106 cm³/mol. The zero-order valence-electron chi connectivity index (χ0n) is 16.2. The number of aryl methyl sites for hydroxylation is 1. The molecule has 1 aromatic rings. The van der Waals surface area contributed by atoms with E-state index in [2.05, 4.69) is 4.90 Å². The number of piperidine rings is 1. The molecule has 0 N–H and O–H groups in total. The second kappa shape index (κ2) is 7.21. The van der Waals surface area contributed by atoms with Crippen molar-refractivity contribution in [2.24, 2.45) is 5.92 Å². The molecule has 1 spiro atoms. The maximum atomic E-state index is 12.8. The Bertz CT molecular complexity index is 808. The zero-order chi connectivity index (χ0) is 19.1. The van der Waals surface area contributed by atoms with Crippen molar-refractivity contribution in [3.63, 3.8) is 0 Å². The van der Waals surface area contributed by atoms with Gasteiger partial charge in [-0.1, -0.05) is 30.7 Å². The summed E-state index contributed by atoms with van der Waals surface area (Å²) in [6, 6.07) is 7.91. The van der Waals surface area contributed by atoms with Crippen LogP contribution in [-0.4, -0.2) is 67.3 Å². The number of likely N-dealkylation sites (tertiary alicyclic amines) is 2. The highest BCUT2D eigenvalue weighted by molar-refractivity contribution is 7.93. The van der Waals surface area contributed by atoms with Gasteiger partial charge in [-0.2, -0.15) is 0 Å². The van der Waals surface area contributed by atoms with Gasteiger partial charge in [-0.05, 0) is 56.3 Å². The summed E-state index contributed by atoms with van der Waals surface area (Å²) in [5.74, 6) is 0.502. The molecule has 3 fully saturated rings. The number of hydrogen-bond acceptors (Lipinski definition) is 4. The Labute approximate surface area is 162 Å². The largest absolute Gasteiger partial charge is 0.339 e. The maximum Gasteiger partial charge on any atom is 0.227 e. The maximum absolute atomic E-state index is 12.8. The van der Waals surface area contributed by atoms with Gasteiger partial charge in [-0.15, -0.1) is 0 Å². The summed E-state index contributed by atoms with van der Waals surface area (Å²) in [5.41, 5.74) is 2.14. The minimum absolute atomic E-state index is 0.0498. The first-order chi connectivity index (χ1) is 12.9. The highest BCUT2D eigenvalue weighted by atomic mass is 32.2. The van der Waals surface area contributed by atoms with Gasteiger partial charge >= 0.3 is 0 Å². The van der Waals surface area contributed by atoms with Gasteiger partial charge in [-0.3, -0.25) is 4.79 Å². The van der Waals surface area contributed by atoms with Crippen molar-refractivity contribution >= 4 is 15.7 Å². The number of carbonyl (C=O) groups is 1. The van der Waals surface area contributed by atoms with E-state index in [1.165, 1.54) is 19.3 Å². The Balaban J connectivity index is 1.43. The third-order valence-corrected chi connectivity index (χ3v) is 9.50. The molecule has 148 valence electrons. The van der Waals surface area contributed by atoms with Crippen LogP contribution in [0.1, 0.15) is 36.8 Å². The fourth-order valence-electron chi connectivity index (χ4n) is 5.04. The monoisotopic (exact) mass is 390 g/mol. The van der Waals surface area contributed by atoms with Gasteiger partial charge in [0.2, 0.25) is 5.91 Å². The number of rotatable bonds is 4. The number of amides is 1. The lowest BCUT2D eigenvalue weighted by atomic mass is 9.82. The van der Waals surface area contributed by atoms with Gasteiger partial charge in [-0.25, -0.2) is 8.42 Å². The van der Waals surface area contributed by atoms with Crippen molar-refractivity contribution in [1.29, 1.82) is 0 Å². The Morgan fingerprint density at radius 1 is 1.15 bits per heavy atom. The first-order valence-electron chi connectivity index (χ1n) is 10.2. The van der Waals surface area contributed by atoms with Gasteiger partial charge in [0.05, 0.1) is 12.2 Å². The van der Waals surface area contributed by atoms with E-state index < -0.39 is 14.6 Å². The summed E-state index contributed by atoms with van der Waals surface area (Å²) in [7, 11) is -3.12. The third kappa shape index (κ3) is 3.42. The molecule has 6 heteroatoms. The van der Waals surface area contributed by atoms with Crippen LogP contribution in [0, 0.1) is 12.8 Å². The van der Waals surface area contributed by atoms with E-state index in [1.807, 2.05) is 31.2 Å². The van der Waals surface area contributed by atoms with E-state index in [0.29, 0.717) is 19.5 Å². The molecular weight excluding hydrogens is 360 g/mol. The number of sulfone groups is 1. The van der Waals surface area contributed by atoms with Crippen LogP contribution in [-0.2, 0) is 21.1 Å². The number of nitrogens with zero attached hydrogens (tertiary/aromatic N) is 2. The van der Waals surface area contributed by atoms with Crippen LogP contribution >= 0.6 is 0 Å². The lowest BCUT2D eigenvalue weighted by Gasteiger charge is -2.51. The first kappa shape index (κ1) is 18.9. The van der Waals surface area contributed by atoms with Gasteiger partial charge < -0.3 is 9.80 Å². The van der Waals surface area contributed by atoms with Crippen molar-refractivity contribution in [3.05, 3.63) is 35.4 Å². The fraction of sp³-hybridized carbons (Fsp3) is 0.667. The van der Waals surface area contributed by atoms with Crippen LogP contribution in [0.5, 0.6) is 0 Å². The third-order valence-electron chi connectivity index (χ3n) is 6.90. The normalized spacial score (nSPS) is 26.9. The molecule has 1 atom stereocenters. The topological polar surface area (TPSA) is 57.7 Å². The van der Waals surface area contributed by atoms with Gasteiger partial charge in [0.1, 0.15) is 4.75 Å². The molecule has 1 aromatic carbocycles. The lowest BCUT2D eigenvalue weighted by molar-refractivity contribution is -0.136. The Morgan fingerprint density at radius 2 is 1.85 bits per heavy atom. The highest BCUT2D eigenvalue weighted by Crippen LogP contribution is 2.45. The minimum atomic E-state index is -3.12. The second-order valence-corrected chi connectivity index (χ2v) is 11.0. The molecule has 3 aliphatic heterocycles. The number of carbonyl (C=O) groups excluding carboxylic acids is 1. The lowest BCUT2D eigenvalue weighted by Crippen LogP contribution is -2.69. The Hall–Kier alpha value is -1.40. The van der Waals surface area contributed by atoms with Gasteiger partial charge in [0.15, 0.2) is 9.84 Å². The van der Waals surface area contributed by atoms with Crippen molar-refractivity contribution in [2.75, 3.05) is 38.5 Å². The summed E-state index contributed by atoms with van der Waals surface area (Å²) < 4.78 is 25.0. The van der Waals surface area contributed by atoms with E-state index in [1.54, 1.807) is 4.90 Å². The smallest absolute Gasteiger partial charge is 0.227 e. The molecule has 3 heterocycles. The molecular formula is C21H30N2O3S. The molecule has 0 aromatic heterocycles. The average molecular weight is 391 g/mol. The Morgan fingerprint density at radius 3 is 2.56 bits per heavy atom. The van der Waals surface area contributed by atoms with Crippen LogP contribution in [0.4, 0.5) is 0 Å². The summed E-state index contributed by atoms with van der Waals surface area (Å²) in [4.78, 5) is 16.9. The highest BCUT2D eigenvalue weighted by Gasteiger charge is 2.62. The molecule has 0 saturated carbocycles. The molecule has 1 unspecified atom stereocenters. The number of benzene rings is 1. The average Bonchev–Trinajstić information content (AvgIpc) is 2.87. The van der Waals surface area contributed by atoms with Gasteiger partial charge in [0.25, 0.3) is 0 Å².